The number of hydrazone groups is 1. The molecule has 0 radical (unpaired) electrons. The van der Waals surface area contributed by atoms with Crippen molar-refractivity contribution in [2.24, 2.45) is 5.10 Å². The number of ether oxygens (including phenoxy) is 4. The van der Waals surface area contributed by atoms with Gasteiger partial charge in [-0.2, -0.15) is 10.4 Å². The molecule has 226 valence electrons. The maximum atomic E-state index is 13.2. The number of hydrogen-bond donors (Lipinski definition) is 2. The van der Waals surface area contributed by atoms with Gasteiger partial charge < -0.3 is 18.9 Å². The molecule has 2 amide bonds. The molecule has 1 aromatic heterocycles. The van der Waals surface area contributed by atoms with E-state index in [0.29, 0.717) is 17.9 Å². The van der Waals surface area contributed by atoms with Crippen molar-refractivity contribution in [3.8, 4) is 17.6 Å². The molecule has 2 N–H and O–H groups in total. The first kappa shape index (κ1) is 31.6. The number of rotatable bonds is 6. The Balaban J connectivity index is 1.61. The Morgan fingerprint density at radius 2 is 1.88 bits per heavy atom. The quantitative estimate of drug-likeness (QED) is 0.223. The van der Waals surface area contributed by atoms with Gasteiger partial charge in [-0.3, -0.25) is 15.5 Å². The van der Waals surface area contributed by atoms with Gasteiger partial charge in [-0.25, -0.2) is 14.2 Å². The number of imide groups is 1. The highest BCUT2D eigenvalue weighted by Gasteiger charge is 2.30. The first-order valence-corrected chi connectivity index (χ1v) is 14.0. The van der Waals surface area contributed by atoms with Crippen LogP contribution in [-0.4, -0.2) is 47.2 Å². The summed E-state index contributed by atoms with van der Waals surface area (Å²) in [4.78, 5) is 36.7. The summed E-state index contributed by atoms with van der Waals surface area (Å²) in [5.41, 5.74) is 3.78. The Bertz CT molecular complexity index is 1650. The monoisotopic (exact) mass is 629 g/mol. The zero-order valence-corrected chi connectivity index (χ0v) is 25.6. The standard InChI is InChI=1S/C29H29Cl2N5O7/c1-6-41-27(38)33-26(37)21(12-32)35-34-16-9-19(30)25(20(31)10-16)42-17-7-8-22-18(11-17)24-15(2)13-40-14-23(24)36(22)28(39)43-29(3,4)5/h7-11,15,34H,6,13-14H2,1-5H3,(H,33,37,38). The number of nitrogens with zero attached hydrogens (tertiary/aromatic N) is 3. The molecule has 0 bridgehead atoms. The zero-order valence-electron chi connectivity index (χ0n) is 24.0. The van der Waals surface area contributed by atoms with E-state index in [2.05, 4.69) is 15.3 Å². The lowest BCUT2D eigenvalue weighted by Crippen LogP contribution is -2.36. The van der Waals surface area contributed by atoms with Gasteiger partial charge in [-0.15, -0.1) is 0 Å². The van der Waals surface area contributed by atoms with Crippen molar-refractivity contribution in [2.75, 3.05) is 18.6 Å². The second kappa shape index (κ2) is 12.9. The number of anilines is 1. The Kier molecular flexibility index (Phi) is 9.49. The van der Waals surface area contributed by atoms with Crippen LogP contribution < -0.4 is 15.5 Å². The molecule has 0 aliphatic carbocycles. The van der Waals surface area contributed by atoms with E-state index >= 15 is 0 Å². The molecule has 1 unspecified atom stereocenters. The molecule has 4 rings (SSSR count). The van der Waals surface area contributed by atoms with Crippen LogP contribution in [0.25, 0.3) is 10.9 Å². The number of hydrogen-bond acceptors (Lipinski definition) is 10. The number of benzene rings is 2. The van der Waals surface area contributed by atoms with Crippen LogP contribution in [0.3, 0.4) is 0 Å². The molecule has 2 heterocycles. The highest BCUT2D eigenvalue weighted by Crippen LogP contribution is 2.42. The number of aromatic nitrogens is 1. The molecule has 0 saturated heterocycles. The average molecular weight is 630 g/mol. The summed E-state index contributed by atoms with van der Waals surface area (Å²) in [6.07, 6.45) is -1.51. The molecule has 0 fully saturated rings. The highest BCUT2D eigenvalue weighted by atomic mass is 35.5. The molecule has 1 atom stereocenters. The minimum atomic E-state index is -1.05. The van der Waals surface area contributed by atoms with Crippen molar-refractivity contribution < 1.29 is 33.3 Å². The van der Waals surface area contributed by atoms with Crippen LogP contribution >= 0.6 is 23.2 Å². The molecular weight excluding hydrogens is 601 g/mol. The third-order valence-corrected chi connectivity index (χ3v) is 6.64. The number of fused-ring (bicyclic) bond motifs is 3. The fraction of sp³-hybridized carbons (Fsp3) is 0.345. The number of nitriles is 1. The summed E-state index contributed by atoms with van der Waals surface area (Å²) in [5.74, 6) is -0.472. The highest BCUT2D eigenvalue weighted by molar-refractivity contribution is 6.47. The van der Waals surface area contributed by atoms with Crippen molar-refractivity contribution in [1.29, 1.82) is 5.26 Å². The van der Waals surface area contributed by atoms with Gasteiger partial charge in [-0.1, -0.05) is 30.1 Å². The van der Waals surface area contributed by atoms with E-state index in [1.807, 2.05) is 12.2 Å². The van der Waals surface area contributed by atoms with Crippen LogP contribution in [0.4, 0.5) is 15.3 Å². The summed E-state index contributed by atoms with van der Waals surface area (Å²) in [6, 6.07) is 9.71. The SMILES string of the molecule is CCOC(=O)NC(=O)C(C#N)=NNc1cc(Cl)c(Oc2ccc3c(c2)c2c(n3C(=O)OC(C)(C)C)COCC2C)c(Cl)c1. The second-order valence-electron chi connectivity index (χ2n) is 10.5. The van der Waals surface area contributed by atoms with Crippen molar-refractivity contribution in [3.63, 3.8) is 0 Å². The fourth-order valence-corrected chi connectivity index (χ4v) is 5.00. The number of carbonyl (C=O) groups excluding carboxylic acids is 3. The summed E-state index contributed by atoms with van der Waals surface area (Å²) >= 11 is 13.0. The predicted octanol–water partition coefficient (Wildman–Crippen LogP) is 6.72. The van der Waals surface area contributed by atoms with E-state index in [4.69, 9.17) is 37.4 Å². The van der Waals surface area contributed by atoms with E-state index in [-0.39, 0.29) is 40.6 Å². The summed E-state index contributed by atoms with van der Waals surface area (Å²) in [7, 11) is 0. The number of carbonyl (C=O) groups is 3. The number of alkyl carbamates (subject to hydrolysis) is 1. The van der Waals surface area contributed by atoms with Crippen LogP contribution in [0.5, 0.6) is 11.5 Å². The average Bonchev–Trinajstić information content (AvgIpc) is 3.25. The molecule has 1 aliphatic rings. The van der Waals surface area contributed by atoms with Gasteiger partial charge in [0.25, 0.3) is 5.91 Å². The second-order valence-corrected chi connectivity index (χ2v) is 11.3. The molecule has 1 aliphatic heterocycles. The third kappa shape index (κ3) is 7.19. The first-order chi connectivity index (χ1) is 20.3. The van der Waals surface area contributed by atoms with E-state index in [1.54, 1.807) is 56.5 Å². The molecule has 14 heteroatoms. The van der Waals surface area contributed by atoms with E-state index in [9.17, 15) is 19.6 Å². The number of nitrogens with one attached hydrogen (secondary N) is 2. The molecule has 2 aromatic carbocycles. The van der Waals surface area contributed by atoms with Crippen LogP contribution in [0.1, 0.15) is 51.8 Å². The smallest absolute Gasteiger partial charge is 0.419 e. The Hall–Kier alpha value is -4.31. The van der Waals surface area contributed by atoms with Gasteiger partial charge in [0.05, 0.1) is 46.8 Å². The van der Waals surface area contributed by atoms with E-state index in [1.165, 1.54) is 12.1 Å². The van der Waals surface area contributed by atoms with Gasteiger partial charge >= 0.3 is 12.2 Å². The summed E-state index contributed by atoms with van der Waals surface area (Å²) < 4.78 is 23.6. The Morgan fingerprint density at radius 1 is 1.19 bits per heavy atom. The van der Waals surface area contributed by atoms with Crippen LogP contribution in [0.15, 0.2) is 35.4 Å². The van der Waals surface area contributed by atoms with Crippen molar-refractivity contribution in [1.82, 2.24) is 9.88 Å². The van der Waals surface area contributed by atoms with Crippen LogP contribution in [-0.2, 0) is 25.6 Å². The van der Waals surface area contributed by atoms with Gasteiger partial charge in [0, 0.05) is 11.3 Å². The molecule has 0 spiro atoms. The topological polar surface area (TPSA) is 153 Å². The number of halogens is 2. The largest absolute Gasteiger partial charge is 0.454 e. The molecule has 43 heavy (non-hydrogen) atoms. The van der Waals surface area contributed by atoms with Crippen molar-refractivity contribution in [3.05, 3.63) is 51.6 Å². The Labute approximate surface area is 257 Å². The maximum Gasteiger partial charge on any atom is 0.419 e. The summed E-state index contributed by atoms with van der Waals surface area (Å²) in [5, 5.41) is 15.9. The van der Waals surface area contributed by atoms with Crippen molar-refractivity contribution in [2.45, 2.75) is 52.7 Å². The molecule has 12 nitrogen and oxygen atoms in total. The van der Waals surface area contributed by atoms with Gasteiger partial charge in [0.15, 0.2) is 5.75 Å². The van der Waals surface area contributed by atoms with Crippen molar-refractivity contribution >= 4 is 63.6 Å². The first-order valence-electron chi connectivity index (χ1n) is 13.2. The fourth-order valence-electron chi connectivity index (χ4n) is 4.44. The lowest BCUT2D eigenvalue weighted by Gasteiger charge is -2.23. The number of amides is 2. The Morgan fingerprint density at radius 3 is 2.51 bits per heavy atom. The predicted molar refractivity (Wildman–Crippen MR) is 160 cm³/mol. The lowest BCUT2D eigenvalue weighted by atomic mass is 9.96. The lowest BCUT2D eigenvalue weighted by molar-refractivity contribution is -0.114. The van der Waals surface area contributed by atoms with Crippen LogP contribution in [0, 0.1) is 11.3 Å². The van der Waals surface area contributed by atoms with Gasteiger partial charge in [0.1, 0.15) is 17.4 Å². The third-order valence-electron chi connectivity index (χ3n) is 6.08. The normalized spacial score (nSPS) is 14.8. The van der Waals surface area contributed by atoms with Crippen LogP contribution in [0.2, 0.25) is 10.0 Å². The minimum absolute atomic E-state index is 0.0148. The molecule has 0 saturated carbocycles. The molecular formula is C29H29Cl2N5O7. The van der Waals surface area contributed by atoms with E-state index < -0.39 is 29.4 Å². The summed E-state index contributed by atoms with van der Waals surface area (Å²) in [6.45, 7) is 9.81. The van der Waals surface area contributed by atoms with Gasteiger partial charge in [-0.05, 0) is 63.6 Å². The maximum absolute atomic E-state index is 13.2. The zero-order chi connectivity index (χ0) is 31.5. The molecule has 3 aromatic rings. The van der Waals surface area contributed by atoms with E-state index in [0.717, 1.165) is 16.6 Å². The van der Waals surface area contributed by atoms with Gasteiger partial charge in [0.2, 0.25) is 5.71 Å². The minimum Gasteiger partial charge on any atom is -0.454 e.